The normalized spacial score (nSPS) is 15.2. The van der Waals surface area contributed by atoms with Crippen molar-refractivity contribution in [1.29, 1.82) is 0 Å². The molecule has 0 bridgehead atoms. The maximum absolute atomic E-state index is 13.0. The molecule has 2 aromatic carbocycles. The van der Waals surface area contributed by atoms with Crippen molar-refractivity contribution in [3.8, 4) is 11.3 Å². The molecule has 0 aliphatic carbocycles. The molecule has 4 rings (SSSR count). The predicted molar refractivity (Wildman–Crippen MR) is 119 cm³/mol. The van der Waals surface area contributed by atoms with Crippen LogP contribution in [-0.4, -0.2) is 28.9 Å². The second-order valence-corrected chi connectivity index (χ2v) is 7.89. The maximum Gasteiger partial charge on any atom is 0.335 e. The van der Waals surface area contributed by atoms with Crippen molar-refractivity contribution in [2.45, 2.75) is 6.92 Å². The van der Waals surface area contributed by atoms with Crippen LogP contribution in [-0.2, 0) is 9.59 Å². The van der Waals surface area contributed by atoms with E-state index < -0.39 is 23.8 Å². The maximum atomic E-state index is 13.0. The second kappa shape index (κ2) is 8.27. The number of benzene rings is 2. The first-order chi connectivity index (χ1) is 15.2. The first-order valence-electron chi connectivity index (χ1n) is 9.36. The zero-order valence-corrected chi connectivity index (χ0v) is 18.2. The number of hydrogen-bond acceptors (Lipinski definition) is 5. The van der Waals surface area contributed by atoms with Gasteiger partial charge in [0.15, 0.2) is 0 Å². The highest BCUT2D eigenvalue weighted by atomic mass is 79.9. The number of nitrogens with zero attached hydrogens (tertiary/aromatic N) is 1. The van der Waals surface area contributed by atoms with Crippen molar-refractivity contribution < 1.29 is 28.7 Å². The number of imide groups is 2. The van der Waals surface area contributed by atoms with E-state index in [1.165, 1.54) is 18.2 Å². The number of barbiturate groups is 1. The third-order valence-electron chi connectivity index (χ3n) is 4.83. The number of hydrogen-bond donors (Lipinski definition) is 2. The number of furan rings is 1. The summed E-state index contributed by atoms with van der Waals surface area (Å²) >= 11 is 3.29. The Labute approximate surface area is 190 Å². The molecule has 160 valence electrons. The van der Waals surface area contributed by atoms with Crippen LogP contribution in [0.2, 0.25) is 0 Å². The SMILES string of the molecule is Cc1ccc(C(=O)O)cc1-c1ccc(/C=C2\C(=O)NC(=O)N(c3cccc(Br)c3)C2=O)o1. The Balaban J connectivity index is 1.70. The summed E-state index contributed by atoms with van der Waals surface area (Å²) in [5.41, 5.74) is 1.48. The van der Waals surface area contributed by atoms with Crippen molar-refractivity contribution in [2.75, 3.05) is 4.90 Å². The highest BCUT2D eigenvalue weighted by molar-refractivity contribution is 9.10. The Morgan fingerprint density at radius 1 is 1.09 bits per heavy atom. The quantitative estimate of drug-likeness (QED) is 0.410. The van der Waals surface area contributed by atoms with Gasteiger partial charge in [-0.15, -0.1) is 0 Å². The van der Waals surface area contributed by atoms with Gasteiger partial charge in [-0.25, -0.2) is 14.5 Å². The Hall–Kier alpha value is -3.98. The van der Waals surface area contributed by atoms with E-state index in [0.29, 0.717) is 21.5 Å². The molecule has 8 nitrogen and oxygen atoms in total. The molecule has 1 aliphatic heterocycles. The fourth-order valence-corrected chi connectivity index (χ4v) is 3.63. The lowest BCUT2D eigenvalue weighted by atomic mass is 10.0. The first kappa shape index (κ1) is 21.3. The van der Waals surface area contributed by atoms with Gasteiger partial charge in [-0.3, -0.25) is 14.9 Å². The first-order valence-corrected chi connectivity index (χ1v) is 10.1. The van der Waals surface area contributed by atoms with E-state index in [1.54, 1.807) is 49.4 Å². The molecular weight excluding hydrogens is 480 g/mol. The largest absolute Gasteiger partial charge is 0.478 e. The van der Waals surface area contributed by atoms with Crippen molar-refractivity contribution in [3.05, 3.63) is 81.5 Å². The Morgan fingerprint density at radius 3 is 2.59 bits per heavy atom. The summed E-state index contributed by atoms with van der Waals surface area (Å²) in [6.45, 7) is 1.81. The van der Waals surface area contributed by atoms with Gasteiger partial charge in [0, 0.05) is 10.0 Å². The summed E-state index contributed by atoms with van der Waals surface area (Å²) in [4.78, 5) is 49.8. The van der Waals surface area contributed by atoms with Crippen LogP contribution in [0.5, 0.6) is 0 Å². The third kappa shape index (κ3) is 3.97. The highest BCUT2D eigenvalue weighted by Crippen LogP contribution is 2.29. The molecule has 4 amide bonds. The van der Waals surface area contributed by atoms with Crippen LogP contribution in [0.1, 0.15) is 21.7 Å². The van der Waals surface area contributed by atoms with Gasteiger partial charge >= 0.3 is 12.0 Å². The molecule has 1 aliphatic rings. The molecule has 0 spiro atoms. The van der Waals surface area contributed by atoms with Gasteiger partial charge < -0.3 is 9.52 Å². The molecule has 0 atom stereocenters. The minimum atomic E-state index is -1.07. The molecule has 1 saturated heterocycles. The van der Waals surface area contributed by atoms with E-state index in [-0.39, 0.29) is 16.9 Å². The van der Waals surface area contributed by atoms with Crippen molar-refractivity contribution >= 4 is 51.5 Å². The molecule has 32 heavy (non-hydrogen) atoms. The number of aryl methyl sites for hydroxylation is 1. The standard InChI is InChI=1S/C23H15BrN2O6/c1-12-5-6-13(22(29)30)9-17(12)19-8-7-16(32-19)11-18-20(27)25-23(31)26(21(18)28)15-4-2-3-14(24)10-15/h2-11H,1H3,(H,29,30)(H,25,27,31)/b18-11+. The van der Waals surface area contributed by atoms with Crippen molar-refractivity contribution in [2.24, 2.45) is 0 Å². The average Bonchev–Trinajstić information content (AvgIpc) is 3.19. The van der Waals surface area contributed by atoms with E-state index in [9.17, 15) is 24.3 Å². The number of carbonyl (C=O) groups is 4. The molecule has 1 fully saturated rings. The number of aromatic carboxylic acids is 1. The summed E-state index contributed by atoms with van der Waals surface area (Å²) in [6.07, 6.45) is 1.25. The summed E-state index contributed by atoms with van der Waals surface area (Å²) < 4.78 is 6.42. The van der Waals surface area contributed by atoms with Crippen LogP contribution in [0, 0.1) is 6.92 Å². The lowest BCUT2D eigenvalue weighted by Gasteiger charge is -2.26. The fraction of sp³-hybridized carbons (Fsp3) is 0.0435. The van der Waals surface area contributed by atoms with Crippen LogP contribution in [0.25, 0.3) is 17.4 Å². The monoisotopic (exact) mass is 494 g/mol. The van der Waals surface area contributed by atoms with Gasteiger partial charge in [-0.05, 0) is 61.0 Å². The number of halogens is 1. The molecule has 0 saturated carbocycles. The minimum Gasteiger partial charge on any atom is -0.478 e. The van der Waals surface area contributed by atoms with E-state index >= 15 is 0 Å². The van der Waals surface area contributed by atoms with E-state index in [2.05, 4.69) is 21.2 Å². The molecule has 0 unspecified atom stereocenters. The lowest BCUT2D eigenvalue weighted by molar-refractivity contribution is -0.122. The van der Waals surface area contributed by atoms with E-state index in [0.717, 1.165) is 10.5 Å². The zero-order valence-electron chi connectivity index (χ0n) is 16.6. The van der Waals surface area contributed by atoms with E-state index in [4.69, 9.17) is 4.42 Å². The molecule has 9 heteroatoms. The minimum absolute atomic E-state index is 0.104. The molecule has 0 radical (unpaired) electrons. The zero-order chi connectivity index (χ0) is 23.0. The number of amides is 4. The van der Waals surface area contributed by atoms with Crippen LogP contribution in [0.15, 0.2) is 69.1 Å². The second-order valence-electron chi connectivity index (χ2n) is 6.97. The van der Waals surface area contributed by atoms with Gasteiger partial charge in [0.1, 0.15) is 17.1 Å². The number of carboxylic acids is 1. The number of nitrogens with one attached hydrogen (secondary N) is 1. The lowest BCUT2D eigenvalue weighted by Crippen LogP contribution is -2.54. The topological polar surface area (TPSA) is 117 Å². The summed E-state index contributed by atoms with van der Waals surface area (Å²) in [5, 5.41) is 11.4. The Bertz CT molecular complexity index is 1320. The van der Waals surface area contributed by atoms with Gasteiger partial charge in [-0.2, -0.15) is 0 Å². The fourth-order valence-electron chi connectivity index (χ4n) is 3.25. The summed E-state index contributed by atoms with van der Waals surface area (Å²) in [7, 11) is 0. The number of urea groups is 1. The van der Waals surface area contributed by atoms with Crippen LogP contribution >= 0.6 is 15.9 Å². The van der Waals surface area contributed by atoms with Gasteiger partial charge in [0.2, 0.25) is 0 Å². The molecule has 1 aromatic heterocycles. The number of rotatable bonds is 4. The average molecular weight is 495 g/mol. The summed E-state index contributed by atoms with van der Waals surface area (Å²) in [5.74, 6) is -2.13. The van der Waals surface area contributed by atoms with Crippen LogP contribution in [0.4, 0.5) is 10.5 Å². The Morgan fingerprint density at radius 2 is 1.88 bits per heavy atom. The molecule has 2 heterocycles. The number of carbonyl (C=O) groups excluding carboxylic acids is 3. The van der Waals surface area contributed by atoms with Gasteiger partial charge in [-0.1, -0.05) is 28.1 Å². The smallest absolute Gasteiger partial charge is 0.335 e. The van der Waals surface area contributed by atoms with Crippen LogP contribution < -0.4 is 10.2 Å². The number of carboxylic acid groups (broad SMARTS) is 1. The van der Waals surface area contributed by atoms with Gasteiger partial charge in [0.05, 0.1) is 11.3 Å². The summed E-state index contributed by atoms with van der Waals surface area (Å²) in [6, 6.07) is 13.5. The highest BCUT2D eigenvalue weighted by Gasteiger charge is 2.37. The van der Waals surface area contributed by atoms with Gasteiger partial charge in [0.25, 0.3) is 11.8 Å². The molecular formula is C23H15BrN2O6. The van der Waals surface area contributed by atoms with Crippen LogP contribution in [0.3, 0.4) is 0 Å². The Kier molecular flexibility index (Phi) is 5.50. The third-order valence-corrected chi connectivity index (χ3v) is 5.32. The predicted octanol–water partition coefficient (Wildman–Crippen LogP) is 4.38. The van der Waals surface area contributed by atoms with Crippen molar-refractivity contribution in [1.82, 2.24) is 5.32 Å². The molecule has 3 aromatic rings. The van der Waals surface area contributed by atoms with E-state index in [1.807, 2.05) is 0 Å². The molecule has 2 N–H and O–H groups in total. The van der Waals surface area contributed by atoms with Crippen molar-refractivity contribution in [3.63, 3.8) is 0 Å². The number of anilines is 1.